The van der Waals surface area contributed by atoms with Crippen LogP contribution in [0.15, 0.2) is 18.2 Å². The third-order valence-electron chi connectivity index (χ3n) is 4.51. The minimum atomic E-state index is -0.571. The molecule has 2 saturated carbocycles. The van der Waals surface area contributed by atoms with Gasteiger partial charge in [-0.05, 0) is 50.3 Å². The summed E-state index contributed by atoms with van der Waals surface area (Å²) in [7, 11) is 0. The quantitative estimate of drug-likeness (QED) is 0.795. The largest absolute Gasteiger partial charge is 0.507 e. The van der Waals surface area contributed by atoms with E-state index in [9.17, 15) is 19.1 Å². The molecular weight excluding hydrogens is 299 g/mol. The first kappa shape index (κ1) is 15.8. The van der Waals surface area contributed by atoms with E-state index < -0.39 is 11.7 Å². The van der Waals surface area contributed by atoms with Crippen molar-refractivity contribution in [2.24, 2.45) is 5.92 Å². The molecule has 0 spiro atoms. The van der Waals surface area contributed by atoms with Crippen molar-refractivity contribution in [3.63, 3.8) is 0 Å². The Balaban J connectivity index is 1.59. The number of carbonyl (C=O) groups excluding carboxylic acids is 2. The summed E-state index contributed by atoms with van der Waals surface area (Å²) >= 11 is 0. The van der Waals surface area contributed by atoms with Crippen LogP contribution in [0.3, 0.4) is 0 Å². The zero-order chi connectivity index (χ0) is 16.4. The van der Waals surface area contributed by atoms with Gasteiger partial charge < -0.3 is 15.7 Å². The summed E-state index contributed by atoms with van der Waals surface area (Å²) in [5, 5.41) is 15.5. The van der Waals surface area contributed by atoms with Gasteiger partial charge in [-0.15, -0.1) is 0 Å². The molecule has 2 aliphatic rings. The Labute approximate surface area is 134 Å². The van der Waals surface area contributed by atoms with E-state index in [-0.39, 0.29) is 29.2 Å². The van der Waals surface area contributed by atoms with E-state index in [1.54, 1.807) is 0 Å². The molecule has 3 rings (SSSR count). The Hall–Kier alpha value is -2.11. The van der Waals surface area contributed by atoms with Crippen LogP contribution < -0.4 is 10.6 Å². The maximum Gasteiger partial charge on any atom is 0.255 e. The summed E-state index contributed by atoms with van der Waals surface area (Å²) in [4.78, 5) is 24.3. The van der Waals surface area contributed by atoms with Crippen LogP contribution in [0.5, 0.6) is 5.75 Å². The number of hydrogen-bond acceptors (Lipinski definition) is 3. The molecule has 2 atom stereocenters. The van der Waals surface area contributed by atoms with Crippen LogP contribution in [-0.2, 0) is 4.79 Å². The van der Waals surface area contributed by atoms with Gasteiger partial charge in [0.2, 0.25) is 5.91 Å². The van der Waals surface area contributed by atoms with Gasteiger partial charge in [-0.1, -0.05) is 6.42 Å². The smallest absolute Gasteiger partial charge is 0.255 e. The first-order chi connectivity index (χ1) is 11.0. The Morgan fingerprint density at radius 2 is 1.87 bits per heavy atom. The molecule has 2 fully saturated rings. The molecule has 0 radical (unpaired) electrons. The number of rotatable bonds is 4. The lowest BCUT2D eigenvalue weighted by Gasteiger charge is -2.29. The zero-order valence-electron chi connectivity index (χ0n) is 12.8. The molecule has 0 bridgehead atoms. The summed E-state index contributed by atoms with van der Waals surface area (Å²) in [5.41, 5.74) is -0.0745. The number of amides is 2. The van der Waals surface area contributed by atoms with Crippen molar-refractivity contribution in [2.75, 3.05) is 0 Å². The fraction of sp³-hybridized carbons (Fsp3) is 0.529. The predicted molar refractivity (Wildman–Crippen MR) is 82.4 cm³/mol. The highest BCUT2D eigenvalue weighted by Gasteiger charge is 2.32. The number of carbonyl (C=O) groups is 2. The average Bonchev–Trinajstić information content (AvgIpc) is 3.34. The molecule has 6 heteroatoms. The maximum absolute atomic E-state index is 13.2. The van der Waals surface area contributed by atoms with Crippen molar-refractivity contribution in [1.29, 1.82) is 0 Å². The van der Waals surface area contributed by atoms with E-state index in [0.717, 1.165) is 50.3 Å². The molecule has 0 saturated heterocycles. The molecule has 0 aliphatic heterocycles. The monoisotopic (exact) mass is 320 g/mol. The van der Waals surface area contributed by atoms with Crippen LogP contribution in [0.2, 0.25) is 0 Å². The molecule has 1 aromatic carbocycles. The van der Waals surface area contributed by atoms with Gasteiger partial charge in [-0.2, -0.15) is 0 Å². The molecule has 5 nitrogen and oxygen atoms in total. The van der Waals surface area contributed by atoms with Crippen LogP contribution in [0, 0.1) is 11.7 Å². The van der Waals surface area contributed by atoms with Gasteiger partial charge in [-0.3, -0.25) is 9.59 Å². The number of benzene rings is 1. The van der Waals surface area contributed by atoms with Gasteiger partial charge in [0.1, 0.15) is 11.6 Å². The number of hydrogen-bond donors (Lipinski definition) is 3. The van der Waals surface area contributed by atoms with Crippen LogP contribution >= 0.6 is 0 Å². The number of halogens is 1. The predicted octanol–water partition coefficient (Wildman–Crippen LogP) is 2.10. The highest BCUT2D eigenvalue weighted by molar-refractivity contribution is 5.97. The summed E-state index contributed by atoms with van der Waals surface area (Å²) < 4.78 is 13.2. The summed E-state index contributed by atoms with van der Waals surface area (Å²) in [5.74, 6) is -1.34. The van der Waals surface area contributed by atoms with E-state index in [2.05, 4.69) is 10.6 Å². The first-order valence-electron chi connectivity index (χ1n) is 8.12. The lowest BCUT2D eigenvalue weighted by molar-refractivity contribution is -0.126. The molecule has 0 aromatic heterocycles. The van der Waals surface area contributed by atoms with Crippen LogP contribution in [0.1, 0.15) is 48.9 Å². The fourth-order valence-corrected chi connectivity index (χ4v) is 3.06. The van der Waals surface area contributed by atoms with Crippen molar-refractivity contribution in [1.82, 2.24) is 10.6 Å². The molecule has 0 unspecified atom stereocenters. The second kappa shape index (κ2) is 6.56. The Kier molecular flexibility index (Phi) is 4.50. The lowest BCUT2D eigenvalue weighted by Crippen LogP contribution is -2.42. The highest BCUT2D eigenvalue weighted by atomic mass is 19.1. The normalized spacial score (nSPS) is 24.0. The van der Waals surface area contributed by atoms with Crippen molar-refractivity contribution >= 4 is 11.8 Å². The summed E-state index contributed by atoms with van der Waals surface area (Å²) in [6, 6.07) is 3.49. The second-order valence-electron chi connectivity index (χ2n) is 6.48. The Morgan fingerprint density at radius 3 is 2.61 bits per heavy atom. The van der Waals surface area contributed by atoms with E-state index in [4.69, 9.17) is 0 Å². The van der Waals surface area contributed by atoms with Crippen molar-refractivity contribution in [3.8, 4) is 5.75 Å². The maximum atomic E-state index is 13.2. The first-order valence-corrected chi connectivity index (χ1v) is 8.12. The molecule has 2 aliphatic carbocycles. The van der Waals surface area contributed by atoms with Gasteiger partial charge in [0.05, 0.1) is 5.56 Å². The van der Waals surface area contributed by atoms with E-state index >= 15 is 0 Å². The minimum absolute atomic E-state index is 0.0695. The molecule has 2 amide bonds. The fourth-order valence-electron chi connectivity index (χ4n) is 3.06. The van der Waals surface area contributed by atoms with Gasteiger partial charge in [-0.25, -0.2) is 4.39 Å². The summed E-state index contributed by atoms with van der Waals surface area (Å²) in [6.45, 7) is 0. The number of phenols is 1. The molecule has 0 heterocycles. The van der Waals surface area contributed by atoms with Crippen LogP contribution in [-0.4, -0.2) is 29.0 Å². The SMILES string of the molecule is O=C(N[C@H]1CCC[C@@H](C(=O)NC2CC2)C1)c1cc(F)ccc1O. The van der Waals surface area contributed by atoms with E-state index in [1.807, 2.05) is 0 Å². The molecule has 3 N–H and O–H groups in total. The van der Waals surface area contributed by atoms with E-state index in [1.165, 1.54) is 0 Å². The van der Waals surface area contributed by atoms with Crippen LogP contribution in [0.25, 0.3) is 0 Å². The third-order valence-corrected chi connectivity index (χ3v) is 4.51. The average molecular weight is 320 g/mol. The lowest BCUT2D eigenvalue weighted by atomic mass is 9.85. The highest BCUT2D eigenvalue weighted by Crippen LogP contribution is 2.27. The second-order valence-corrected chi connectivity index (χ2v) is 6.48. The number of aromatic hydroxyl groups is 1. The third kappa shape index (κ3) is 4.00. The Morgan fingerprint density at radius 1 is 1.09 bits per heavy atom. The number of nitrogens with one attached hydrogen (secondary N) is 2. The van der Waals surface area contributed by atoms with Crippen molar-refractivity contribution < 1.29 is 19.1 Å². The Bertz CT molecular complexity index is 616. The van der Waals surface area contributed by atoms with Gasteiger partial charge >= 0.3 is 0 Å². The standard InChI is InChI=1S/C17H21FN2O3/c18-11-4-7-15(21)14(9-11)17(23)20-13-3-1-2-10(8-13)16(22)19-12-5-6-12/h4,7,9-10,12-13,21H,1-3,5-6,8H2,(H,19,22)(H,20,23)/t10-,13+/m1/s1. The summed E-state index contributed by atoms with van der Waals surface area (Å²) in [6.07, 6.45) is 5.17. The van der Waals surface area contributed by atoms with Crippen molar-refractivity contribution in [2.45, 2.75) is 50.6 Å². The number of phenolic OH excluding ortho intramolecular Hbond substituents is 1. The zero-order valence-corrected chi connectivity index (χ0v) is 12.8. The van der Waals surface area contributed by atoms with Crippen molar-refractivity contribution in [3.05, 3.63) is 29.6 Å². The van der Waals surface area contributed by atoms with Gasteiger partial charge in [0.25, 0.3) is 5.91 Å². The molecule has 23 heavy (non-hydrogen) atoms. The van der Waals surface area contributed by atoms with Gasteiger partial charge in [0, 0.05) is 18.0 Å². The van der Waals surface area contributed by atoms with Gasteiger partial charge in [0.15, 0.2) is 0 Å². The van der Waals surface area contributed by atoms with Crippen LogP contribution in [0.4, 0.5) is 4.39 Å². The minimum Gasteiger partial charge on any atom is -0.507 e. The van der Waals surface area contributed by atoms with E-state index in [0.29, 0.717) is 12.5 Å². The topological polar surface area (TPSA) is 78.4 Å². The molecule has 1 aromatic rings. The molecular formula is C17H21FN2O3. The molecule has 124 valence electrons.